The number of aromatic hydroxyl groups is 1. The van der Waals surface area contributed by atoms with Crippen LogP contribution in [-0.4, -0.2) is 29.6 Å². The fraction of sp³-hybridized carbons (Fsp3) is 0.562. The molecule has 1 heterocycles. The first-order valence-electron chi connectivity index (χ1n) is 7.72. The third-order valence-electron chi connectivity index (χ3n) is 4.24. The van der Waals surface area contributed by atoms with Gasteiger partial charge in [0.25, 0.3) is 0 Å². The topological polar surface area (TPSA) is 73.4 Å². The van der Waals surface area contributed by atoms with Crippen LogP contribution < -0.4 is 16.2 Å². The molecule has 22 heavy (non-hydrogen) atoms. The van der Waals surface area contributed by atoms with Gasteiger partial charge >= 0.3 is 0 Å². The highest BCUT2D eigenvalue weighted by Gasteiger charge is 2.28. The van der Waals surface area contributed by atoms with Crippen molar-refractivity contribution in [3.05, 3.63) is 28.8 Å². The van der Waals surface area contributed by atoms with Gasteiger partial charge in [0.15, 0.2) is 0 Å². The van der Waals surface area contributed by atoms with E-state index < -0.39 is 0 Å². The van der Waals surface area contributed by atoms with E-state index in [0.717, 1.165) is 18.4 Å². The molecule has 1 saturated heterocycles. The predicted octanol–water partition coefficient (Wildman–Crippen LogP) is 1.99. The average molecular weight is 326 g/mol. The number of hydrogen-bond donors (Lipinski definition) is 4. The Morgan fingerprint density at radius 3 is 2.64 bits per heavy atom. The molecule has 0 saturated carbocycles. The average Bonchev–Trinajstić information content (AvgIpc) is 2.79. The van der Waals surface area contributed by atoms with Crippen molar-refractivity contribution in [2.45, 2.75) is 45.2 Å². The molecule has 2 unspecified atom stereocenters. The van der Waals surface area contributed by atoms with E-state index in [-0.39, 0.29) is 23.1 Å². The Labute approximate surface area is 136 Å². The van der Waals surface area contributed by atoms with Gasteiger partial charge in [-0.1, -0.05) is 17.7 Å². The van der Waals surface area contributed by atoms with Crippen LogP contribution in [0.1, 0.15) is 32.3 Å². The SMILES string of the molecule is CC1NNC(C)C1CCCNC(=O)Cc1ccc(O)c(Cl)c1. The number of phenolic OH excluding ortho intramolecular Hbond substituents is 1. The normalized spacial score (nSPS) is 24.4. The van der Waals surface area contributed by atoms with Gasteiger partial charge in [0.2, 0.25) is 5.91 Å². The Kier molecular flexibility index (Phi) is 6.06. The second-order valence-corrected chi connectivity index (χ2v) is 6.39. The number of nitrogens with one attached hydrogen (secondary N) is 3. The predicted molar refractivity (Wildman–Crippen MR) is 87.7 cm³/mol. The van der Waals surface area contributed by atoms with E-state index in [2.05, 4.69) is 30.0 Å². The van der Waals surface area contributed by atoms with Crippen molar-refractivity contribution in [1.29, 1.82) is 0 Å². The van der Waals surface area contributed by atoms with Gasteiger partial charge in [0.05, 0.1) is 11.4 Å². The summed E-state index contributed by atoms with van der Waals surface area (Å²) >= 11 is 5.83. The molecule has 0 radical (unpaired) electrons. The summed E-state index contributed by atoms with van der Waals surface area (Å²) in [7, 11) is 0. The van der Waals surface area contributed by atoms with Crippen LogP contribution in [0.2, 0.25) is 5.02 Å². The number of rotatable bonds is 6. The molecule has 0 bridgehead atoms. The summed E-state index contributed by atoms with van der Waals surface area (Å²) in [5.74, 6) is 0.603. The molecule has 1 aromatic carbocycles. The Morgan fingerprint density at radius 2 is 2.00 bits per heavy atom. The van der Waals surface area contributed by atoms with Crippen molar-refractivity contribution in [1.82, 2.24) is 16.2 Å². The molecule has 5 nitrogen and oxygen atoms in total. The van der Waals surface area contributed by atoms with Crippen molar-refractivity contribution in [3.8, 4) is 5.75 Å². The molecule has 0 aliphatic carbocycles. The largest absolute Gasteiger partial charge is 0.506 e. The number of hydrogen-bond acceptors (Lipinski definition) is 4. The van der Waals surface area contributed by atoms with E-state index in [0.29, 0.717) is 24.5 Å². The summed E-state index contributed by atoms with van der Waals surface area (Å²) < 4.78 is 0. The molecule has 122 valence electrons. The molecular weight excluding hydrogens is 302 g/mol. The zero-order valence-electron chi connectivity index (χ0n) is 13.0. The standard InChI is InChI=1S/C16H24ClN3O2/c1-10-13(11(2)20-19-10)4-3-7-18-16(22)9-12-5-6-15(21)14(17)8-12/h5-6,8,10-11,13,19-21H,3-4,7,9H2,1-2H3,(H,18,22). The van der Waals surface area contributed by atoms with Crippen molar-refractivity contribution in [3.63, 3.8) is 0 Å². The first-order valence-corrected chi connectivity index (χ1v) is 8.10. The number of halogens is 1. The summed E-state index contributed by atoms with van der Waals surface area (Å²) in [4.78, 5) is 11.9. The molecule has 1 fully saturated rings. The highest BCUT2D eigenvalue weighted by Crippen LogP contribution is 2.23. The van der Waals surface area contributed by atoms with Gasteiger partial charge in [0, 0.05) is 18.6 Å². The van der Waals surface area contributed by atoms with Crippen LogP contribution in [0.4, 0.5) is 0 Å². The smallest absolute Gasteiger partial charge is 0.224 e. The van der Waals surface area contributed by atoms with Crippen LogP contribution in [0.5, 0.6) is 5.75 Å². The molecule has 1 amide bonds. The van der Waals surface area contributed by atoms with E-state index in [4.69, 9.17) is 11.6 Å². The van der Waals surface area contributed by atoms with E-state index >= 15 is 0 Å². The number of carbonyl (C=O) groups excluding carboxylic acids is 1. The van der Waals surface area contributed by atoms with Crippen LogP contribution in [0, 0.1) is 5.92 Å². The molecule has 6 heteroatoms. The first kappa shape index (κ1) is 17.1. The van der Waals surface area contributed by atoms with Crippen LogP contribution in [0.3, 0.4) is 0 Å². The third kappa shape index (κ3) is 4.60. The lowest BCUT2D eigenvalue weighted by atomic mass is 9.92. The Hall–Kier alpha value is -1.30. The zero-order chi connectivity index (χ0) is 16.1. The summed E-state index contributed by atoms with van der Waals surface area (Å²) in [5.41, 5.74) is 7.28. The Morgan fingerprint density at radius 1 is 1.32 bits per heavy atom. The number of benzene rings is 1. The van der Waals surface area contributed by atoms with Gasteiger partial charge in [-0.3, -0.25) is 15.6 Å². The molecule has 0 aromatic heterocycles. The molecule has 1 aliphatic rings. The van der Waals surface area contributed by atoms with Gasteiger partial charge in [-0.15, -0.1) is 0 Å². The molecule has 2 atom stereocenters. The summed E-state index contributed by atoms with van der Waals surface area (Å²) in [5, 5.41) is 12.6. The molecule has 0 spiro atoms. The monoisotopic (exact) mass is 325 g/mol. The van der Waals surface area contributed by atoms with Crippen LogP contribution in [0.15, 0.2) is 18.2 Å². The molecule has 2 rings (SSSR count). The van der Waals surface area contributed by atoms with Gasteiger partial charge in [0.1, 0.15) is 5.75 Å². The second-order valence-electron chi connectivity index (χ2n) is 5.98. The minimum absolute atomic E-state index is 0.0227. The van der Waals surface area contributed by atoms with Crippen molar-refractivity contribution in [2.75, 3.05) is 6.54 Å². The minimum Gasteiger partial charge on any atom is -0.506 e. The van der Waals surface area contributed by atoms with Crippen LogP contribution in [0.25, 0.3) is 0 Å². The molecule has 1 aliphatic heterocycles. The lowest BCUT2D eigenvalue weighted by Gasteiger charge is -2.17. The maximum absolute atomic E-state index is 11.9. The second kappa shape index (κ2) is 7.81. The highest BCUT2D eigenvalue weighted by molar-refractivity contribution is 6.32. The number of phenols is 1. The highest BCUT2D eigenvalue weighted by atomic mass is 35.5. The van der Waals surface area contributed by atoms with E-state index in [1.165, 1.54) is 6.07 Å². The van der Waals surface area contributed by atoms with Crippen molar-refractivity contribution in [2.24, 2.45) is 5.92 Å². The lowest BCUT2D eigenvalue weighted by Crippen LogP contribution is -2.30. The number of amides is 1. The van der Waals surface area contributed by atoms with Crippen molar-refractivity contribution >= 4 is 17.5 Å². The maximum atomic E-state index is 11.9. The summed E-state index contributed by atoms with van der Waals surface area (Å²) in [6.07, 6.45) is 2.32. The van der Waals surface area contributed by atoms with Crippen LogP contribution in [-0.2, 0) is 11.2 Å². The third-order valence-corrected chi connectivity index (χ3v) is 4.54. The summed E-state index contributed by atoms with van der Waals surface area (Å²) in [6, 6.07) is 5.76. The molecule has 1 aromatic rings. The summed E-state index contributed by atoms with van der Waals surface area (Å²) in [6.45, 7) is 5.03. The van der Waals surface area contributed by atoms with Crippen molar-refractivity contribution < 1.29 is 9.90 Å². The van der Waals surface area contributed by atoms with Gasteiger partial charge in [-0.05, 0) is 50.3 Å². The Balaban J connectivity index is 1.68. The lowest BCUT2D eigenvalue weighted by molar-refractivity contribution is -0.120. The van der Waals surface area contributed by atoms with Gasteiger partial charge < -0.3 is 10.4 Å². The van der Waals surface area contributed by atoms with Crippen LogP contribution >= 0.6 is 11.6 Å². The fourth-order valence-electron chi connectivity index (χ4n) is 2.88. The zero-order valence-corrected chi connectivity index (χ0v) is 13.8. The number of hydrazine groups is 1. The first-order chi connectivity index (χ1) is 10.5. The maximum Gasteiger partial charge on any atom is 0.224 e. The number of carbonyl (C=O) groups is 1. The quantitative estimate of drug-likeness (QED) is 0.604. The Bertz CT molecular complexity index is 514. The molecular formula is C16H24ClN3O2. The van der Waals surface area contributed by atoms with E-state index in [1.54, 1.807) is 12.1 Å². The fourth-order valence-corrected chi connectivity index (χ4v) is 3.09. The van der Waals surface area contributed by atoms with E-state index in [1.807, 2.05) is 0 Å². The minimum atomic E-state index is -0.0227. The molecule has 4 N–H and O–H groups in total. The van der Waals surface area contributed by atoms with Gasteiger partial charge in [-0.25, -0.2) is 0 Å². The van der Waals surface area contributed by atoms with E-state index in [9.17, 15) is 9.90 Å². The van der Waals surface area contributed by atoms with Gasteiger partial charge in [-0.2, -0.15) is 0 Å².